The fourth-order valence-corrected chi connectivity index (χ4v) is 4.05. The van der Waals surface area contributed by atoms with Gasteiger partial charge in [0.05, 0.1) is 13.2 Å². The van der Waals surface area contributed by atoms with Gasteiger partial charge in [-0.1, -0.05) is 30.3 Å². The van der Waals surface area contributed by atoms with Crippen molar-refractivity contribution in [2.24, 2.45) is 0 Å². The van der Waals surface area contributed by atoms with Crippen molar-refractivity contribution in [1.29, 1.82) is 0 Å². The number of nitrogen functional groups attached to an aromatic ring is 1. The molecule has 0 spiro atoms. The Morgan fingerprint density at radius 3 is 2.53 bits per heavy atom. The van der Waals surface area contributed by atoms with Crippen molar-refractivity contribution in [2.45, 2.75) is 33.7 Å². The van der Waals surface area contributed by atoms with E-state index in [1.54, 1.807) is 26.8 Å². The molecule has 34 heavy (non-hydrogen) atoms. The Balaban J connectivity index is 2.31. The number of anilines is 1. The van der Waals surface area contributed by atoms with Crippen molar-refractivity contribution >= 4 is 43.0 Å². The van der Waals surface area contributed by atoms with Gasteiger partial charge in [0.1, 0.15) is 11.6 Å². The van der Waals surface area contributed by atoms with Gasteiger partial charge in [-0.25, -0.2) is 14.5 Å². The number of thioether (sulfide) groups is 1. The first kappa shape index (κ1) is 27.4. The number of benzene rings is 1. The number of allylic oxidation sites excluding steroid dienone is 1. The number of carbonyl (C=O) groups excluding carboxylic acids is 2. The third-order valence-electron chi connectivity index (χ3n) is 4.63. The molecule has 0 aliphatic heterocycles. The molecule has 4 N–H and O–H groups in total. The Labute approximate surface area is 202 Å². The van der Waals surface area contributed by atoms with Gasteiger partial charge in [0.2, 0.25) is 11.5 Å². The molecule has 1 amide bonds. The number of hydrogen-bond acceptors (Lipinski definition) is 8. The third kappa shape index (κ3) is 8.85. The molecule has 0 atom stereocenters. The SMILES string of the molecule is C/C(=C(\CCOP(=O)(O)O)SC(=O)/C(C)=C/c1ccccc1)N(C=O)Cc1cnc(C)nc1N. The Bertz CT molecular complexity index is 1130. The number of nitrogens with zero attached hydrogens (tertiary/aromatic N) is 3. The molecule has 1 heterocycles. The highest BCUT2D eigenvalue weighted by Gasteiger charge is 2.20. The van der Waals surface area contributed by atoms with Crippen LogP contribution in [-0.2, 0) is 25.2 Å². The summed E-state index contributed by atoms with van der Waals surface area (Å²) in [5, 5.41) is -0.279. The van der Waals surface area contributed by atoms with E-state index in [2.05, 4.69) is 14.5 Å². The number of amides is 1. The van der Waals surface area contributed by atoms with Crippen molar-refractivity contribution in [3.8, 4) is 0 Å². The normalized spacial score (nSPS) is 12.8. The highest BCUT2D eigenvalue weighted by Crippen LogP contribution is 2.37. The molecular formula is C22H27N4O6PS. The predicted octanol–water partition coefficient (Wildman–Crippen LogP) is 3.42. The van der Waals surface area contributed by atoms with Crippen LogP contribution in [0.15, 0.2) is 52.7 Å². The molecular weight excluding hydrogens is 479 g/mol. The maximum atomic E-state index is 12.9. The van der Waals surface area contributed by atoms with Crippen LogP contribution in [0.25, 0.3) is 6.08 Å². The zero-order chi connectivity index (χ0) is 25.3. The van der Waals surface area contributed by atoms with Gasteiger partial charge in [-0.05, 0) is 44.2 Å². The summed E-state index contributed by atoms with van der Waals surface area (Å²) in [4.78, 5) is 52.7. The molecule has 0 fully saturated rings. The number of phosphoric ester groups is 1. The van der Waals surface area contributed by atoms with Gasteiger partial charge in [0.15, 0.2) is 0 Å². The van der Waals surface area contributed by atoms with E-state index in [0.717, 1.165) is 17.3 Å². The summed E-state index contributed by atoms with van der Waals surface area (Å²) in [6.45, 7) is 4.70. The fourth-order valence-electron chi connectivity index (χ4n) is 2.83. The highest BCUT2D eigenvalue weighted by atomic mass is 32.2. The lowest BCUT2D eigenvalue weighted by Gasteiger charge is -2.22. The molecule has 2 aromatic rings. The van der Waals surface area contributed by atoms with Crippen LogP contribution < -0.4 is 5.73 Å². The molecule has 0 radical (unpaired) electrons. The molecule has 1 aromatic carbocycles. The Kier molecular flexibility index (Phi) is 10.2. The molecule has 10 nitrogen and oxygen atoms in total. The quantitative estimate of drug-likeness (QED) is 0.234. The first-order chi connectivity index (χ1) is 16.0. The minimum Gasteiger partial charge on any atom is -0.383 e. The Morgan fingerprint density at radius 1 is 1.26 bits per heavy atom. The van der Waals surface area contributed by atoms with Crippen LogP contribution in [0.5, 0.6) is 0 Å². The van der Waals surface area contributed by atoms with Gasteiger partial charge in [-0.15, -0.1) is 0 Å². The van der Waals surface area contributed by atoms with E-state index >= 15 is 0 Å². The van der Waals surface area contributed by atoms with Gasteiger partial charge in [0, 0.05) is 34.4 Å². The van der Waals surface area contributed by atoms with E-state index in [1.807, 2.05) is 30.3 Å². The van der Waals surface area contributed by atoms with E-state index in [-0.39, 0.29) is 30.5 Å². The molecule has 0 aliphatic carbocycles. The zero-order valence-corrected chi connectivity index (χ0v) is 20.8. The van der Waals surface area contributed by atoms with E-state index in [0.29, 0.717) is 34.0 Å². The van der Waals surface area contributed by atoms with Crippen molar-refractivity contribution < 1.29 is 28.5 Å². The summed E-state index contributed by atoms with van der Waals surface area (Å²) in [6.07, 6.45) is 3.83. The van der Waals surface area contributed by atoms with Crippen LogP contribution in [0.3, 0.4) is 0 Å². The maximum Gasteiger partial charge on any atom is 0.469 e. The molecule has 0 bridgehead atoms. The van der Waals surface area contributed by atoms with Crippen LogP contribution in [0.4, 0.5) is 5.82 Å². The summed E-state index contributed by atoms with van der Waals surface area (Å²) >= 11 is 0.868. The highest BCUT2D eigenvalue weighted by molar-refractivity contribution is 8.17. The standard InChI is InChI=1S/C22H27N4O6PS/c1-15(11-18-7-5-4-6-8-18)22(28)34-20(9-10-32-33(29,30)31)16(2)26(14-27)13-19-12-24-17(3)25-21(19)23/h4-8,11-12,14H,9-10,13H2,1-3H3,(H2,23,24,25)(H2,29,30,31)/b15-11+,20-16-. The van der Waals surface area contributed by atoms with Crippen molar-refractivity contribution in [3.05, 3.63) is 69.7 Å². The second-order valence-electron chi connectivity index (χ2n) is 7.27. The number of rotatable bonds is 11. The number of aromatic nitrogens is 2. The van der Waals surface area contributed by atoms with Crippen LogP contribution >= 0.6 is 19.6 Å². The average Bonchev–Trinajstić information content (AvgIpc) is 2.77. The lowest BCUT2D eigenvalue weighted by molar-refractivity contribution is -0.117. The first-order valence-electron chi connectivity index (χ1n) is 10.2. The fraction of sp³-hybridized carbons (Fsp3) is 0.273. The third-order valence-corrected chi connectivity index (χ3v) is 6.40. The topological polar surface area (TPSA) is 156 Å². The number of aryl methyl sites for hydroxylation is 1. The Morgan fingerprint density at radius 2 is 1.94 bits per heavy atom. The smallest absolute Gasteiger partial charge is 0.383 e. The number of phosphoric acid groups is 1. The second-order valence-corrected chi connectivity index (χ2v) is 9.58. The van der Waals surface area contributed by atoms with Gasteiger partial charge in [-0.2, -0.15) is 0 Å². The lowest BCUT2D eigenvalue weighted by atomic mass is 10.1. The monoisotopic (exact) mass is 506 g/mol. The van der Waals surface area contributed by atoms with E-state index < -0.39 is 7.82 Å². The summed E-state index contributed by atoms with van der Waals surface area (Å²) in [7, 11) is -4.69. The van der Waals surface area contributed by atoms with Crippen LogP contribution in [0.2, 0.25) is 0 Å². The molecule has 0 aliphatic rings. The number of hydrogen-bond donors (Lipinski definition) is 3. The maximum absolute atomic E-state index is 12.9. The van der Waals surface area contributed by atoms with Crippen molar-refractivity contribution in [1.82, 2.24) is 14.9 Å². The lowest BCUT2D eigenvalue weighted by Crippen LogP contribution is -2.22. The average molecular weight is 507 g/mol. The van der Waals surface area contributed by atoms with E-state index in [1.165, 1.54) is 11.1 Å². The molecule has 0 saturated heterocycles. The second kappa shape index (κ2) is 12.6. The summed E-state index contributed by atoms with van der Waals surface area (Å²) in [6, 6.07) is 9.30. The van der Waals surface area contributed by atoms with Gasteiger partial charge < -0.3 is 20.4 Å². The van der Waals surface area contributed by atoms with Gasteiger partial charge in [0.25, 0.3) is 0 Å². The summed E-state index contributed by atoms with van der Waals surface area (Å²) in [5.74, 6) is 0.715. The van der Waals surface area contributed by atoms with Crippen LogP contribution in [0, 0.1) is 6.92 Å². The minimum atomic E-state index is -4.69. The first-order valence-corrected chi connectivity index (χ1v) is 12.5. The number of carbonyl (C=O) groups is 2. The largest absolute Gasteiger partial charge is 0.469 e. The van der Waals surface area contributed by atoms with Crippen LogP contribution in [0.1, 0.15) is 37.2 Å². The molecule has 182 valence electrons. The Hall–Kier alpha value is -2.82. The molecule has 1 aromatic heterocycles. The predicted molar refractivity (Wildman–Crippen MR) is 131 cm³/mol. The molecule has 0 unspecified atom stereocenters. The van der Waals surface area contributed by atoms with Crippen molar-refractivity contribution in [3.63, 3.8) is 0 Å². The van der Waals surface area contributed by atoms with Crippen LogP contribution in [-0.4, -0.2) is 42.8 Å². The summed E-state index contributed by atoms with van der Waals surface area (Å²) in [5.41, 5.74) is 8.18. The molecule has 12 heteroatoms. The minimum absolute atomic E-state index is 0.00378. The zero-order valence-electron chi connectivity index (χ0n) is 19.0. The number of nitrogens with two attached hydrogens (primary N) is 1. The van der Waals surface area contributed by atoms with Gasteiger partial charge >= 0.3 is 7.82 Å². The summed E-state index contributed by atoms with van der Waals surface area (Å²) < 4.78 is 15.6. The van der Waals surface area contributed by atoms with Gasteiger partial charge in [-0.3, -0.25) is 14.1 Å². The molecule has 0 saturated carbocycles. The van der Waals surface area contributed by atoms with E-state index in [4.69, 9.17) is 15.5 Å². The van der Waals surface area contributed by atoms with Crippen molar-refractivity contribution in [2.75, 3.05) is 12.3 Å². The molecule has 2 rings (SSSR count). The van der Waals surface area contributed by atoms with E-state index in [9.17, 15) is 14.2 Å².